The van der Waals surface area contributed by atoms with Crippen molar-refractivity contribution in [3.63, 3.8) is 0 Å². The van der Waals surface area contributed by atoms with E-state index in [0.717, 1.165) is 27.1 Å². The smallest absolute Gasteiger partial charge is 0.282 e. The Hall–Kier alpha value is -1.40. The normalized spacial score (nSPS) is 12.0. The Morgan fingerprint density at radius 2 is 2.17 bits per heavy atom. The number of aromatic nitrogens is 1. The summed E-state index contributed by atoms with van der Waals surface area (Å²) in [5.41, 5.74) is 2.53. The van der Waals surface area contributed by atoms with Gasteiger partial charge in [-0.05, 0) is 24.6 Å². The maximum absolute atomic E-state index is 12.4. The molecule has 0 atom stereocenters. The lowest BCUT2D eigenvalue weighted by molar-refractivity contribution is 0.0998. The minimum absolute atomic E-state index is 0.334. The molecule has 7 heteroatoms. The van der Waals surface area contributed by atoms with Gasteiger partial charge in [-0.3, -0.25) is 4.79 Å². The average molecular weight is 383 g/mol. The third-order valence-corrected chi connectivity index (χ3v) is 5.83. The van der Waals surface area contributed by atoms with Crippen LogP contribution in [-0.2, 0) is 6.54 Å². The van der Waals surface area contributed by atoms with Gasteiger partial charge in [0.25, 0.3) is 5.91 Å². The van der Waals surface area contributed by atoms with E-state index in [9.17, 15) is 4.79 Å². The van der Waals surface area contributed by atoms with Crippen LogP contribution in [0.25, 0.3) is 10.2 Å². The molecule has 0 spiro atoms. The molecule has 2 aromatic heterocycles. The van der Waals surface area contributed by atoms with Crippen LogP contribution in [0.2, 0.25) is 8.67 Å². The van der Waals surface area contributed by atoms with Crippen LogP contribution in [0.15, 0.2) is 41.9 Å². The number of benzene rings is 1. The monoisotopic (exact) mass is 382 g/mol. The highest BCUT2D eigenvalue weighted by molar-refractivity contribution is 7.20. The van der Waals surface area contributed by atoms with E-state index in [1.807, 2.05) is 29.7 Å². The summed E-state index contributed by atoms with van der Waals surface area (Å²) in [5, 5.41) is 0. The highest BCUT2D eigenvalue weighted by atomic mass is 35.5. The molecule has 3 nitrogen and oxygen atoms in total. The quantitative estimate of drug-likeness (QED) is 0.565. The topological polar surface area (TPSA) is 34.4 Å². The zero-order chi connectivity index (χ0) is 16.6. The van der Waals surface area contributed by atoms with Gasteiger partial charge in [-0.2, -0.15) is 4.99 Å². The van der Waals surface area contributed by atoms with Crippen LogP contribution >= 0.6 is 45.9 Å². The number of aryl methyl sites for hydroxylation is 1. The van der Waals surface area contributed by atoms with Gasteiger partial charge in [-0.25, -0.2) is 0 Å². The molecule has 118 valence electrons. The van der Waals surface area contributed by atoms with Gasteiger partial charge >= 0.3 is 0 Å². The van der Waals surface area contributed by atoms with E-state index in [2.05, 4.69) is 11.6 Å². The molecule has 0 aliphatic rings. The van der Waals surface area contributed by atoms with Crippen LogP contribution in [0, 0.1) is 6.92 Å². The van der Waals surface area contributed by atoms with Crippen molar-refractivity contribution in [3.05, 3.63) is 61.5 Å². The zero-order valence-corrected chi connectivity index (χ0v) is 15.3. The van der Waals surface area contributed by atoms with Crippen molar-refractivity contribution in [2.45, 2.75) is 13.5 Å². The van der Waals surface area contributed by atoms with Crippen molar-refractivity contribution in [1.82, 2.24) is 4.57 Å². The fourth-order valence-corrected chi connectivity index (χ4v) is 4.89. The number of hydrogen-bond acceptors (Lipinski definition) is 3. The number of carbonyl (C=O) groups is 1. The number of amides is 1. The molecule has 0 bridgehead atoms. The summed E-state index contributed by atoms with van der Waals surface area (Å²) in [4.78, 5) is 17.3. The van der Waals surface area contributed by atoms with Crippen molar-refractivity contribution in [3.8, 4) is 0 Å². The molecule has 0 aliphatic carbocycles. The summed E-state index contributed by atoms with van der Waals surface area (Å²) in [5.74, 6) is -0.389. The molecular weight excluding hydrogens is 371 g/mol. The van der Waals surface area contributed by atoms with Gasteiger partial charge in [0.1, 0.15) is 4.34 Å². The summed E-state index contributed by atoms with van der Waals surface area (Å²) in [6.07, 6.45) is 1.79. The second-order valence-electron chi connectivity index (χ2n) is 4.86. The molecule has 0 saturated heterocycles. The number of nitrogens with zero attached hydrogens (tertiary/aromatic N) is 2. The Balaban J connectivity index is 2.20. The van der Waals surface area contributed by atoms with Gasteiger partial charge in [0.15, 0.2) is 4.80 Å². The molecular formula is C16H12Cl2N2OS2. The largest absolute Gasteiger partial charge is 0.312 e. The standard InChI is InChI=1S/C16H12Cl2N2OS2/c1-3-7-20-13-9(2)5-4-6-11(13)22-16(20)19-15(21)10-8-12(17)23-14(10)18/h3-6,8H,1,7H2,2H3. The second kappa shape index (κ2) is 6.61. The van der Waals surface area contributed by atoms with E-state index < -0.39 is 0 Å². The van der Waals surface area contributed by atoms with Crippen LogP contribution in [-0.4, -0.2) is 10.5 Å². The first kappa shape index (κ1) is 16.5. The maximum Gasteiger partial charge on any atom is 0.282 e. The number of carbonyl (C=O) groups excluding carboxylic acids is 1. The van der Waals surface area contributed by atoms with Crippen molar-refractivity contribution in [2.75, 3.05) is 0 Å². The van der Waals surface area contributed by atoms with Crippen LogP contribution < -0.4 is 4.80 Å². The first-order valence-corrected chi connectivity index (χ1v) is 9.14. The van der Waals surface area contributed by atoms with Gasteiger partial charge in [-0.15, -0.1) is 17.9 Å². The van der Waals surface area contributed by atoms with Crippen LogP contribution in [0.3, 0.4) is 0 Å². The zero-order valence-electron chi connectivity index (χ0n) is 12.2. The Kier molecular flexibility index (Phi) is 4.73. The van der Waals surface area contributed by atoms with Gasteiger partial charge in [0, 0.05) is 6.54 Å². The Morgan fingerprint density at radius 1 is 1.39 bits per heavy atom. The van der Waals surface area contributed by atoms with Crippen LogP contribution in [0.4, 0.5) is 0 Å². The number of fused-ring (bicyclic) bond motifs is 1. The Bertz CT molecular complexity index is 982. The minimum atomic E-state index is -0.389. The molecule has 3 rings (SSSR count). The van der Waals surface area contributed by atoms with Crippen molar-refractivity contribution < 1.29 is 4.79 Å². The number of thiazole rings is 1. The Morgan fingerprint density at radius 3 is 2.83 bits per heavy atom. The fourth-order valence-electron chi connectivity index (χ4n) is 2.32. The average Bonchev–Trinajstić information content (AvgIpc) is 3.01. The minimum Gasteiger partial charge on any atom is -0.312 e. The fraction of sp³-hybridized carbons (Fsp3) is 0.125. The molecule has 23 heavy (non-hydrogen) atoms. The van der Waals surface area contributed by atoms with E-state index in [-0.39, 0.29) is 5.91 Å². The highest BCUT2D eigenvalue weighted by Crippen LogP contribution is 2.31. The van der Waals surface area contributed by atoms with E-state index in [0.29, 0.717) is 25.6 Å². The number of para-hydroxylation sites is 1. The van der Waals surface area contributed by atoms with E-state index in [4.69, 9.17) is 23.2 Å². The maximum atomic E-state index is 12.4. The number of allylic oxidation sites excluding steroid dienone is 1. The highest BCUT2D eigenvalue weighted by Gasteiger charge is 2.15. The summed E-state index contributed by atoms with van der Waals surface area (Å²) in [6.45, 7) is 6.40. The molecule has 3 aromatic rings. The van der Waals surface area contributed by atoms with E-state index in [1.54, 1.807) is 12.1 Å². The molecule has 0 unspecified atom stereocenters. The van der Waals surface area contributed by atoms with Crippen molar-refractivity contribution in [1.29, 1.82) is 0 Å². The third kappa shape index (κ3) is 3.15. The van der Waals surface area contributed by atoms with E-state index in [1.165, 1.54) is 11.3 Å². The number of hydrogen-bond donors (Lipinski definition) is 0. The summed E-state index contributed by atoms with van der Waals surface area (Å²) < 4.78 is 3.89. The molecule has 1 aromatic carbocycles. The first-order valence-electron chi connectivity index (χ1n) is 6.75. The molecule has 1 amide bonds. The lowest BCUT2D eigenvalue weighted by atomic mass is 10.2. The van der Waals surface area contributed by atoms with Crippen LogP contribution in [0.5, 0.6) is 0 Å². The predicted octanol–water partition coefficient (Wildman–Crippen LogP) is 5.31. The van der Waals surface area contributed by atoms with Gasteiger partial charge < -0.3 is 4.57 Å². The lowest BCUT2D eigenvalue weighted by Crippen LogP contribution is -2.16. The molecule has 0 N–H and O–H groups in total. The predicted molar refractivity (Wildman–Crippen MR) is 99.0 cm³/mol. The van der Waals surface area contributed by atoms with Gasteiger partial charge in [0.2, 0.25) is 0 Å². The SMILES string of the molecule is C=CCn1c(=NC(=O)c2cc(Cl)sc2Cl)sc2cccc(C)c21. The molecule has 0 saturated carbocycles. The van der Waals surface area contributed by atoms with E-state index >= 15 is 0 Å². The van der Waals surface area contributed by atoms with Gasteiger partial charge in [-0.1, -0.05) is 52.7 Å². The van der Waals surface area contributed by atoms with Gasteiger partial charge in [0.05, 0.1) is 20.1 Å². The van der Waals surface area contributed by atoms with Crippen molar-refractivity contribution in [2.24, 2.45) is 4.99 Å². The van der Waals surface area contributed by atoms with Crippen molar-refractivity contribution >= 4 is 62.0 Å². The molecule has 2 heterocycles. The summed E-state index contributed by atoms with van der Waals surface area (Å²) in [7, 11) is 0. The molecule has 0 radical (unpaired) electrons. The second-order valence-corrected chi connectivity index (χ2v) is 8.16. The number of thiophene rings is 1. The Labute approximate surface area is 151 Å². The van der Waals surface area contributed by atoms with Crippen LogP contribution in [0.1, 0.15) is 15.9 Å². The first-order chi connectivity index (χ1) is 11.0. The summed E-state index contributed by atoms with van der Waals surface area (Å²) in [6, 6.07) is 7.60. The number of rotatable bonds is 3. The summed E-state index contributed by atoms with van der Waals surface area (Å²) >= 11 is 14.6. The molecule has 0 fully saturated rings. The third-order valence-electron chi connectivity index (χ3n) is 3.30. The molecule has 0 aliphatic heterocycles. The lowest BCUT2D eigenvalue weighted by Gasteiger charge is -2.03. The number of halogens is 2.